The van der Waals surface area contributed by atoms with E-state index in [1.807, 2.05) is 25.1 Å². The lowest BCUT2D eigenvalue weighted by atomic mass is 10.1. The molecule has 2 N–H and O–H groups in total. The van der Waals surface area contributed by atoms with Gasteiger partial charge < -0.3 is 5.32 Å². The van der Waals surface area contributed by atoms with Crippen molar-refractivity contribution in [2.75, 3.05) is 5.32 Å². The Kier molecular flexibility index (Phi) is 3.48. The lowest BCUT2D eigenvalue weighted by molar-refractivity contribution is 0.101. The fourth-order valence-corrected chi connectivity index (χ4v) is 1.82. The maximum Gasteiger partial charge on any atom is 0.297 e. The molecule has 1 aromatic heterocycles. The van der Waals surface area contributed by atoms with Gasteiger partial charge >= 0.3 is 0 Å². The predicted molar refractivity (Wildman–Crippen MR) is 65.7 cm³/mol. The zero-order chi connectivity index (χ0) is 12.3. The van der Waals surface area contributed by atoms with Gasteiger partial charge in [0.1, 0.15) is 0 Å². The number of halogens is 1. The molecule has 88 valence electrons. The molecule has 2 rings (SSSR count). The molecular formula is C10H10BrN5O. The largest absolute Gasteiger partial charge is 0.319 e. The molecule has 0 aliphatic heterocycles. The van der Waals surface area contributed by atoms with Gasteiger partial charge in [0.15, 0.2) is 0 Å². The molecule has 0 saturated carbocycles. The number of hydrogen-bond donors (Lipinski definition) is 2. The monoisotopic (exact) mass is 295 g/mol. The van der Waals surface area contributed by atoms with Gasteiger partial charge in [-0.15, -0.1) is 10.2 Å². The summed E-state index contributed by atoms with van der Waals surface area (Å²) in [6.07, 6.45) is 0.821. The normalized spacial score (nSPS) is 10.2. The highest BCUT2D eigenvalue weighted by Crippen LogP contribution is 2.21. The highest BCUT2D eigenvalue weighted by molar-refractivity contribution is 9.10. The first-order chi connectivity index (χ1) is 8.20. The lowest BCUT2D eigenvalue weighted by Crippen LogP contribution is -2.15. The van der Waals surface area contributed by atoms with E-state index >= 15 is 0 Å². The van der Waals surface area contributed by atoms with Gasteiger partial charge in [0.25, 0.3) is 11.7 Å². The zero-order valence-corrected chi connectivity index (χ0v) is 10.7. The summed E-state index contributed by atoms with van der Waals surface area (Å²) in [5, 5.41) is 15.6. The summed E-state index contributed by atoms with van der Waals surface area (Å²) >= 11 is 3.39. The Morgan fingerprint density at radius 3 is 3.00 bits per heavy atom. The molecule has 1 heterocycles. The van der Waals surface area contributed by atoms with Crippen molar-refractivity contribution in [3.63, 3.8) is 0 Å². The number of aromatic nitrogens is 4. The van der Waals surface area contributed by atoms with Crippen LogP contribution in [0.2, 0.25) is 0 Å². The van der Waals surface area contributed by atoms with Gasteiger partial charge in [-0.05, 0) is 35.4 Å². The van der Waals surface area contributed by atoms with E-state index in [-0.39, 0.29) is 11.7 Å². The van der Waals surface area contributed by atoms with Crippen molar-refractivity contribution in [3.8, 4) is 0 Å². The van der Waals surface area contributed by atoms with E-state index in [0.717, 1.165) is 22.1 Å². The first-order valence-electron chi connectivity index (χ1n) is 5.04. The topological polar surface area (TPSA) is 83.6 Å². The molecule has 0 atom stereocenters. The molecule has 7 heteroatoms. The number of rotatable bonds is 3. The third-order valence-corrected chi connectivity index (χ3v) is 2.74. The molecule has 0 aliphatic carbocycles. The van der Waals surface area contributed by atoms with E-state index in [1.165, 1.54) is 0 Å². The van der Waals surface area contributed by atoms with E-state index in [9.17, 15) is 4.79 Å². The molecule has 0 fully saturated rings. The average molecular weight is 296 g/mol. The van der Waals surface area contributed by atoms with Crippen LogP contribution in [0.4, 0.5) is 5.69 Å². The Morgan fingerprint density at radius 1 is 1.53 bits per heavy atom. The minimum absolute atomic E-state index is 0.0231. The maximum absolute atomic E-state index is 11.7. The van der Waals surface area contributed by atoms with Crippen molar-refractivity contribution in [2.24, 2.45) is 0 Å². The standard InChI is InChI=1S/C10H10BrN5O/c1-2-6-5-7(11)3-4-8(6)12-10(17)9-13-15-16-14-9/h3-5H,2H2,1H3,(H,12,17)(H,13,14,15,16). The Labute approximate surface area is 106 Å². The number of tetrazole rings is 1. The van der Waals surface area contributed by atoms with Crippen LogP contribution in [0.3, 0.4) is 0 Å². The van der Waals surface area contributed by atoms with Crippen molar-refractivity contribution in [2.45, 2.75) is 13.3 Å². The number of benzene rings is 1. The van der Waals surface area contributed by atoms with Gasteiger partial charge in [0, 0.05) is 10.2 Å². The van der Waals surface area contributed by atoms with Gasteiger partial charge in [-0.1, -0.05) is 22.9 Å². The maximum atomic E-state index is 11.7. The number of hydrogen-bond acceptors (Lipinski definition) is 4. The number of anilines is 1. The molecule has 17 heavy (non-hydrogen) atoms. The summed E-state index contributed by atoms with van der Waals surface area (Å²) < 4.78 is 0.979. The molecule has 0 spiro atoms. The Balaban J connectivity index is 2.21. The average Bonchev–Trinajstić information content (AvgIpc) is 2.85. The summed E-state index contributed by atoms with van der Waals surface area (Å²) in [7, 11) is 0. The molecule has 6 nitrogen and oxygen atoms in total. The number of nitrogens with zero attached hydrogens (tertiary/aromatic N) is 3. The van der Waals surface area contributed by atoms with Gasteiger partial charge in [-0.2, -0.15) is 5.21 Å². The number of carbonyl (C=O) groups is 1. The summed E-state index contributed by atoms with van der Waals surface area (Å²) in [5.41, 5.74) is 1.79. The van der Waals surface area contributed by atoms with E-state index < -0.39 is 0 Å². The van der Waals surface area contributed by atoms with Crippen LogP contribution in [0.1, 0.15) is 23.1 Å². The van der Waals surface area contributed by atoms with Crippen LogP contribution in [-0.2, 0) is 6.42 Å². The van der Waals surface area contributed by atoms with E-state index in [1.54, 1.807) is 0 Å². The van der Waals surface area contributed by atoms with Crippen LogP contribution in [-0.4, -0.2) is 26.5 Å². The Bertz CT molecular complexity index is 525. The van der Waals surface area contributed by atoms with Gasteiger partial charge in [-0.3, -0.25) is 4.79 Å². The molecular weight excluding hydrogens is 286 g/mol. The highest BCUT2D eigenvalue weighted by Gasteiger charge is 2.12. The second-order valence-corrected chi connectivity index (χ2v) is 4.26. The second kappa shape index (κ2) is 5.05. The fourth-order valence-electron chi connectivity index (χ4n) is 1.41. The SMILES string of the molecule is CCc1cc(Br)ccc1NC(=O)c1nn[nH]n1. The smallest absolute Gasteiger partial charge is 0.297 e. The summed E-state index contributed by atoms with van der Waals surface area (Å²) in [6, 6.07) is 5.66. The number of aryl methyl sites for hydroxylation is 1. The molecule has 0 aliphatic rings. The van der Waals surface area contributed by atoms with Crippen molar-refractivity contribution in [1.82, 2.24) is 20.6 Å². The van der Waals surface area contributed by atoms with Crippen molar-refractivity contribution < 1.29 is 4.79 Å². The minimum Gasteiger partial charge on any atom is -0.319 e. The van der Waals surface area contributed by atoms with E-state index in [2.05, 4.69) is 41.9 Å². The Morgan fingerprint density at radius 2 is 2.35 bits per heavy atom. The van der Waals surface area contributed by atoms with Crippen molar-refractivity contribution >= 4 is 27.5 Å². The summed E-state index contributed by atoms with van der Waals surface area (Å²) in [5.74, 6) is -0.356. The summed E-state index contributed by atoms with van der Waals surface area (Å²) in [4.78, 5) is 11.7. The lowest BCUT2D eigenvalue weighted by Gasteiger charge is -2.08. The third-order valence-electron chi connectivity index (χ3n) is 2.24. The first-order valence-corrected chi connectivity index (χ1v) is 5.83. The highest BCUT2D eigenvalue weighted by atomic mass is 79.9. The van der Waals surface area contributed by atoms with Crippen molar-refractivity contribution in [1.29, 1.82) is 0 Å². The van der Waals surface area contributed by atoms with Crippen LogP contribution >= 0.6 is 15.9 Å². The number of H-pyrrole nitrogens is 1. The fraction of sp³-hybridized carbons (Fsp3) is 0.200. The second-order valence-electron chi connectivity index (χ2n) is 3.34. The van der Waals surface area contributed by atoms with Crippen LogP contribution in [0.5, 0.6) is 0 Å². The van der Waals surface area contributed by atoms with E-state index in [0.29, 0.717) is 0 Å². The Hall–Kier alpha value is -1.76. The quantitative estimate of drug-likeness (QED) is 0.904. The van der Waals surface area contributed by atoms with Gasteiger partial charge in [0.05, 0.1) is 0 Å². The molecule has 0 bridgehead atoms. The zero-order valence-electron chi connectivity index (χ0n) is 9.07. The van der Waals surface area contributed by atoms with Crippen LogP contribution in [0, 0.1) is 0 Å². The number of carbonyl (C=O) groups excluding carboxylic acids is 1. The first kappa shape index (κ1) is 11.7. The number of amides is 1. The van der Waals surface area contributed by atoms with Gasteiger partial charge in [0.2, 0.25) is 0 Å². The number of nitrogens with one attached hydrogen (secondary N) is 2. The molecule has 1 aromatic carbocycles. The predicted octanol–water partition coefficient (Wildman–Crippen LogP) is 1.78. The minimum atomic E-state index is -0.379. The van der Waals surface area contributed by atoms with Gasteiger partial charge in [-0.25, -0.2) is 0 Å². The third kappa shape index (κ3) is 2.68. The summed E-state index contributed by atoms with van der Waals surface area (Å²) in [6.45, 7) is 2.02. The number of aromatic amines is 1. The molecule has 0 saturated heterocycles. The molecule has 2 aromatic rings. The van der Waals surface area contributed by atoms with E-state index in [4.69, 9.17) is 0 Å². The molecule has 0 radical (unpaired) electrons. The van der Waals surface area contributed by atoms with Crippen LogP contribution in [0.15, 0.2) is 22.7 Å². The molecule has 0 unspecified atom stereocenters. The van der Waals surface area contributed by atoms with Crippen LogP contribution in [0.25, 0.3) is 0 Å². The van der Waals surface area contributed by atoms with Crippen LogP contribution < -0.4 is 5.32 Å². The molecule has 1 amide bonds. The van der Waals surface area contributed by atoms with Crippen molar-refractivity contribution in [3.05, 3.63) is 34.1 Å².